The third kappa shape index (κ3) is 1.58. The van der Waals surface area contributed by atoms with Crippen LogP contribution in [0.2, 0.25) is 6.32 Å². The number of halogens is 1. The third-order valence-corrected chi connectivity index (χ3v) is 1.21. The molecule has 0 fully saturated rings. The maximum Gasteiger partial charge on any atom is 0.220 e. The van der Waals surface area contributed by atoms with Gasteiger partial charge in [-0.05, 0) is 6.32 Å². The van der Waals surface area contributed by atoms with E-state index in [2.05, 4.69) is 9.97 Å². The van der Waals surface area contributed by atoms with Crippen LogP contribution in [0.5, 0.6) is 0 Å². The van der Waals surface area contributed by atoms with Crippen LogP contribution in [0.15, 0.2) is 6.20 Å². The zero-order chi connectivity index (χ0) is 9.14. The molecule has 0 atom stereocenters. The fourth-order valence-electron chi connectivity index (χ4n) is 0.673. The molecule has 0 aliphatic carbocycles. The first-order valence-corrected chi connectivity index (χ1v) is 3.16. The number of anilines is 1. The van der Waals surface area contributed by atoms with E-state index in [0.717, 1.165) is 6.20 Å². The molecule has 0 aliphatic rings. The summed E-state index contributed by atoms with van der Waals surface area (Å²) in [7, 11) is 5.01. The molecule has 1 aromatic heterocycles. The monoisotopic (exact) mass is 165 g/mol. The summed E-state index contributed by atoms with van der Waals surface area (Å²) >= 11 is 0. The Kier molecular flexibility index (Phi) is 2.37. The first-order valence-electron chi connectivity index (χ1n) is 3.16. The Morgan fingerprint density at radius 1 is 1.75 bits per heavy atom. The summed E-state index contributed by atoms with van der Waals surface area (Å²) < 4.78 is 12.8. The Morgan fingerprint density at radius 3 is 3.00 bits per heavy atom. The van der Waals surface area contributed by atoms with Crippen LogP contribution in [0.25, 0.3) is 0 Å². The normalized spacial score (nSPS) is 9.75. The summed E-state index contributed by atoms with van der Waals surface area (Å²) in [6.45, 7) is 0. The molecule has 1 heterocycles. The van der Waals surface area contributed by atoms with Gasteiger partial charge in [-0.1, -0.05) is 0 Å². The molecule has 0 unspecified atom stereocenters. The standard InChI is InChI=1S/C6H5BFN3O/c7-1-4(12)5-3(8)2-10-6(9)11-5/h2H,1H2,(H2,9,10,11). The van der Waals surface area contributed by atoms with Crippen LogP contribution in [0.3, 0.4) is 0 Å². The number of nitrogen functional groups attached to an aromatic ring is 1. The first kappa shape index (κ1) is 8.64. The van der Waals surface area contributed by atoms with Gasteiger partial charge in [0.1, 0.15) is 5.69 Å². The Hall–Kier alpha value is -1.46. The molecular formula is C6H5BFN3O. The van der Waals surface area contributed by atoms with Gasteiger partial charge in [0.2, 0.25) is 5.95 Å². The molecule has 60 valence electrons. The van der Waals surface area contributed by atoms with Gasteiger partial charge in [-0.25, -0.2) is 14.4 Å². The Morgan fingerprint density at radius 2 is 2.42 bits per heavy atom. The minimum Gasteiger partial charge on any atom is -0.368 e. The number of hydrogen-bond donors (Lipinski definition) is 1. The molecule has 12 heavy (non-hydrogen) atoms. The van der Waals surface area contributed by atoms with Gasteiger partial charge < -0.3 is 5.73 Å². The van der Waals surface area contributed by atoms with E-state index < -0.39 is 11.6 Å². The number of nitrogens with two attached hydrogens (primary N) is 1. The lowest BCUT2D eigenvalue weighted by molar-refractivity contribution is 0.100. The van der Waals surface area contributed by atoms with Gasteiger partial charge in [-0.2, -0.15) is 0 Å². The fourth-order valence-corrected chi connectivity index (χ4v) is 0.673. The molecule has 2 radical (unpaired) electrons. The molecule has 0 spiro atoms. The molecule has 0 bridgehead atoms. The second kappa shape index (κ2) is 3.29. The maximum atomic E-state index is 12.8. The SMILES string of the molecule is [B]CC(=O)c1nc(N)ncc1F. The molecular weight excluding hydrogens is 160 g/mol. The highest BCUT2D eigenvalue weighted by Gasteiger charge is 2.11. The summed E-state index contributed by atoms with van der Waals surface area (Å²) in [5.41, 5.74) is 4.78. The number of carbonyl (C=O) groups excluding carboxylic acids is 1. The first-order chi connectivity index (χ1) is 5.65. The van der Waals surface area contributed by atoms with Crippen LogP contribution in [0.1, 0.15) is 10.5 Å². The van der Waals surface area contributed by atoms with E-state index in [1.807, 2.05) is 0 Å². The van der Waals surface area contributed by atoms with Crippen LogP contribution in [-0.2, 0) is 0 Å². The topological polar surface area (TPSA) is 68.9 Å². The average molecular weight is 165 g/mol. The third-order valence-electron chi connectivity index (χ3n) is 1.21. The number of ketones is 1. The number of nitrogens with zero attached hydrogens (tertiary/aromatic N) is 2. The van der Waals surface area contributed by atoms with E-state index in [4.69, 9.17) is 13.6 Å². The van der Waals surface area contributed by atoms with Crippen molar-refractivity contribution in [3.63, 3.8) is 0 Å². The number of hydrogen-bond acceptors (Lipinski definition) is 4. The van der Waals surface area contributed by atoms with Crippen molar-refractivity contribution in [2.45, 2.75) is 6.32 Å². The van der Waals surface area contributed by atoms with Gasteiger partial charge in [0.05, 0.1) is 14.0 Å². The van der Waals surface area contributed by atoms with E-state index in [1.165, 1.54) is 0 Å². The predicted molar refractivity (Wildman–Crippen MR) is 41.3 cm³/mol. The summed E-state index contributed by atoms with van der Waals surface area (Å²) in [5, 5.41) is 0. The van der Waals surface area contributed by atoms with Crippen molar-refractivity contribution >= 4 is 19.6 Å². The summed E-state index contributed by atoms with van der Waals surface area (Å²) in [4.78, 5) is 17.6. The summed E-state index contributed by atoms with van der Waals surface area (Å²) in [5.74, 6) is -1.55. The molecule has 4 nitrogen and oxygen atoms in total. The van der Waals surface area contributed by atoms with E-state index in [9.17, 15) is 9.18 Å². The molecule has 2 N–H and O–H groups in total. The molecule has 1 rings (SSSR count). The summed E-state index contributed by atoms with van der Waals surface area (Å²) in [6, 6.07) is 0. The van der Waals surface area contributed by atoms with Crippen LogP contribution in [0.4, 0.5) is 10.3 Å². The average Bonchev–Trinajstić information content (AvgIpc) is 2.08. The lowest BCUT2D eigenvalue weighted by Gasteiger charge is -1.98. The Balaban J connectivity index is 3.13. The lowest BCUT2D eigenvalue weighted by Crippen LogP contribution is -2.08. The molecule has 1 aromatic rings. The lowest BCUT2D eigenvalue weighted by atomic mass is 9.99. The van der Waals surface area contributed by atoms with Crippen molar-refractivity contribution < 1.29 is 9.18 Å². The molecule has 0 saturated heterocycles. The van der Waals surface area contributed by atoms with Crippen molar-refractivity contribution in [1.82, 2.24) is 9.97 Å². The van der Waals surface area contributed by atoms with Crippen molar-refractivity contribution in [2.75, 3.05) is 5.73 Å². The zero-order valence-electron chi connectivity index (χ0n) is 6.12. The van der Waals surface area contributed by atoms with Crippen molar-refractivity contribution in [1.29, 1.82) is 0 Å². The molecule has 0 amide bonds. The second-order valence-corrected chi connectivity index (χ2v) is 2.05. The van der Waals surface area contributed by atoms with Gasteiger partial charge in [-0.3, -0.25) is 4.79 Å². The summed E-state index contributed by atoms with van der Waals surface area (Å²) in [6.07, 6.45) is 0.540. The van der Waals surface area contributed by atoms with Crippen LogP contribution in [-0.4, -0.2) is 23.6 Å². The predicted octanol–water partition coefficient (Wildman–Crippen LogP) is -0.0326. The maximum absolute atomic E-state index is 12.8. The smallest absolute Gasteiger partial charge is 0.220 e. The largest absolute Gasteiger partial charge is 0.368 e. The minimum atomic E-state index is -0.806. The highest BCUT2D eigenvalue weighted by Crippen LogP contribution is 2.06. The van der Waals surface area contributed by atoms with E-state index >= 15 is 0 Å². The number of Topliss-reactive ketones (excluding diaryl/α,β-unsaturated/α-hetero) is 1. The molecule has 6 heteroatoms. The molecule has 0 aromatic carbocycles. The van der Waals surface area contributed by atoms with E-state index in [1.54, 1.807) is 0 Å². The quantitative estimate of drug-likeness (QED) is 0.493. The van der Waals surface area contributed by atoms with Gasteiger partial charge in [0, 0.05) is 0 Å². The van der Waals surface area contributed by atoms with Crippen LogP contribution in [0, 0.1) is 5.82 Å². The fraction of sp³-hybridized carbons (Fsp3) is 0.167. The van der Waals surface area contributed by atoms with Gasteiger partial charge in [-0.15, -0.1) is 0 Å². The highest BCUT2D eigenvalue weighted by molar-refractivity contribution is 6.23. The van der Waals surface area contributed by atoms with Crippen LogP contribution < -0.4 is 5.73 Å². The van der Waals surface area contributed by atoms with Crippen molar-refractivity contribution in [3.8, 4) is 0 Å². The van der Waals surface area contributed by atoms with E-state index in [-0.39, 0.29) is 18.0 Å². The number of aromatic nitrogens is 2. The Labute approximate surface area is 69.4 Å². The van der Waals surface area contributed by atoms with Crippen molar-refractivity contribution in [3.05, 3.63) is 17.7 Å². The molecule has 0 aliphatic heterocycles. The molecule has 0 saturated carbocycles. The van der Waals surface area contributed by atoms with Crippen molar-refractivity contribution in [2.24, 2.45) is 0 Å². The number of rotatable bonds is 2. The second-order valence-electron chi connectivity index (χ2n) is 2.05. The van der Waals surface area contributed by atoms with Gasteiger partial charge in [0.25, 0.3) is 0 Å². The van der Waals surface area contributed by atoms with Crippen LogP contribution >= 0.6 is 0 Å². The van der Waals surface area contributed by atoms with Gasteiger partial charge >= 0.3 is 0 Å². The Bertz CT molecular complexity index is 318. The highest BCUT2D eigenvalue weighted by atomic mass is 19.1. The zero-order valence-corrected chi connectivity index (χ0v) is 6.12. The minimum absolute atomic E-state index is 0.145. The van der Waals surface area contributed by atoms with Gasteiger partial charge in [0.15, 0.2) is 11.6 Å². The number of carbonyl (C=O) groups is 1. The van der Waals surface area contributed by atoms with E-state index in [0.29, 0.717) is 0 Å².